The van der Waals surface area contributed by atoms with Crippen LogP contribution in [0.5, 0.6) is 11.5 Å². The molecule has 31 heavy (non-hydrogen) atoms. The van der Waals surface area contributed by atoms with Crippen molar-refractivity contribution in [2.45, 2.75) is 20.1 Å². The summed E-state index contributed by atoms with van der Waals surface area (Å²) in [6.45, 7) is 3.87. The normalized spacial score (nSPS) is 10.6. The molecule has 1 aromatic heterocycles. The zero-order valence-corrected chi connectivity index (χ0v) is 17.9. The van der Waals surface area contributed by atoms with Crippen molar-refractivity contribution < 1.29 is 9.47 Å². The molecule has 0 spiro atoms. The number of rotatable bonds is 9. The van der Waals surface area contributed by atoms with Crippen LogP contribution in [0.1, 0.15) is 18.1 Å². The number of hydrogen-bond acceptors (Lipinski definition) is 4. The monoisotopic (exact) mass is 413 g/mol. The number of benzene rings is 3. The molecule has 5 nitrogen and oxygen atoms in total. The van der Waals surface area contributed by atoms with Gasteiger partial charge in [0.05, 0.1) is 18.5 Å². The average molecular weight is 414 g/mol. The Morgan fingerprint density at radius 1 is 0.839 bits per heavy atom. The maximum absolute atomic E-state index is 5.94. The van der Waals surface area contributed by atoms with E-state index in [-0.39, 0.29) is 0 Å². The molecule has 1 heterocycles. The van der Waals surface area contributed by atoms with Crippen molar-refractivity contribution in [3.63, 3.8) is 0 Å². The Morgan fingerprint density at radius 3 is 2.39 bits per heavy atom. The van der Waals surface area contributed by atoms with E-state index in [1.54, 1.807) is 0 Å². The third-order valence-corrected chi connectivity index (χ3v) is 5.05. The summed E-state index contributed by atoms with van der Waals surface area (Å²) in [5.74, 6) is 2.55. The lowest BCUT2D eigenvalue weighted by atomic mass is 10.1. The first kappa shape index (κ1) is 20.5. The molecule has 5 heteroatoms. The van der Waals surface area contributed by atoms with Gasteiger partial charge in [-0.15, -0.1) is 0 Å². The van der Waals surface area contributed by atoms with E-state index in [1.165, 1.54) is 0 Å². The smallest absolute Gasteiger partial charge is 0.203 e. The number of ether oxygens (including phenoxy) is 2. The predicted octanol–water partition coefficient (Wildman–Crippen LogP) is 5.68. The van der Waals surface area contributed by atoms with Crippen molar-refractivity contribution in [3.8, 4) is 22.8 Å². The third kappa shape index (κ3) is 5.25. The maximum Gasteiger partial charge on any atom is 0.203 e. The number of nitrogens with one attached hydrogen (secondary N) is 1. The molecule has 0 unspecified atom stereocenters. The molecule has 0 radical (unpaired) electrons. The lowest BCUT2D eigenvalue weighted by Crippen LogP contribution is -2.06. The van der Waals surface area contributed by atoms with Crippen LogP contribution in [0, 0.1) is 0 Å². The summed E-state index contributed by atoms with van der Waals surface area (Å²) >= 11 is 0. The van der Waals surface area contributed by atoms with Crippen molar-refractivity contribution in [3.05, 3.63) is 96.2 Å². The number of aromatic nitrogens is 2. The standard InChI is InChI=1S/C26H27N3O2/c1-3-30-23-14-12-22(13-15-23)25-18-28-26(29(25)2)27-17-21-10-7-11-24(16-21)31-19-20-8-5-4-6-9-20/h4-16,18H,3,17,19H2,1-2H3,(H,27,28). The van der Waals surface area contributed by atoms with E-state index in [0.717, 1.165) is 39.8 Å². The Hall–Kier alpha value is -3.73. The molecule has 0 atom stereocenters. The first-order valence-corrected chi connectivity index (χ1v) is 10.5. The fourth-order valence-electron chi connectivity index (χ4n) is 3.40. The maximum atomic E-state index is 5.94. The zero-order chi connectivity index (χ0) is 21.5. The minimum atomic E-state index is 0.558. The van der Waals surface area contributed by atoms with Gasteiger partial charge in [0, 0.05) is 19.2 Å². The highest BCUT2D eigenvalue weighted by Crippen LogP contribution is 2.25. The van der Waals surface area contributed by atoms with Gasteiger partial charge in [-0.3, -0.25) is 0 Å². The topological polar surface area (TPSA) is 48.3 Å². The van der Waals surface area contributed by atoms with Crippen molar-refractivity contribution >= 4 is 5.95 Å². The van der Waals surface area contributed by atoms with Gasteiger partial charge in [-0.2, -0.15) is 0 Å². The van der Waals surface area contributed by atoms with Crippen LogP contribution in [0.3, 0.4) is 0 Å². The summed E-state index contributed by atoms with van der Waals surface area (Å²) < 4.78 is 13.5. The van der Waals surface area contributed by atoms with Gasteiger partial charge < -0.3 is 19.4 Å². The number of nitrogens with zero attached hydrogens (tertiary/aromatic N) is 2. The van der Waals surface area contributed by atoms with Crippen LogP contribution in [0.2, 0.25) is 0 Å². The second-order valence-electron chi connectivity index (χ2n) is 7.26. The van der Waals surface area contributed by atoms with Crippen LogP contribution in [-0.2, 0) is 20.2 Å². The van der Waals surface area contributed by atoms with Crippen LogP contribution < -0.4 is 14.8 Å². The van der Waals surface area contributed by atoms with Crippen molar-refractivity contribution in [2.24, 2.45) is 7.05 Å². The van der Waals surface area contributed by atoms with Crippen LogP contribution in [0.15, 0.2) is 85.1 Å². The molecule has 0 saturated heterocycles. The van der Waals surface area contributed by atoms with E-state index in [1.807, 2.05) is 62.6 Å². The van der Waals surface area contributed by atoms with Crippen LogP contribution in [0.4, 0.5) is 5.95 Å². The minimum Gasteiger partial charge on any atom is -0.494 e. The number of anilines is 1. The predicted molar refractivity (Wildman–Crippen MR) is 124 cm³/mol. The van der Waals surface area contributed by atoms with Gasteiger partial charge in [0.25, 0.3) is 0 Å². The average Bonchev–Trinajstić information content (AvgIpc) is 3.18. The highest BCUT2D eigenvalue weighted by Gasteiger charge is 2.09. The van der Waals surface area contributed by atoms with Gasteiger partial charge in [0.1, 0.15) is 18.1 Å². The van der Waals surface area contributed by atoms with Gasteiger partial charge in [0.2, 0.25) is 5.95 Å². The van der Waals surface area contributed by atoms with Gasteiger partial charge in [0.15, 0.2) is 0 Å². The van der Waals surface area contributed by atoms with Gasteiger partial charge in [-0.25, -0.2) is 4.98 Å². The van der Waals surface area contributed by atoms with E-state index in [9.17, 15) is 0 Å². The molecular formula is C26H27N3O2. The Balaban J connectivity index is 1.38. The lowest BCUT2D eigenvalue weighted by Gasteiger charge is -2.11. The second kappa shape index (κ2) is 9.85. The van der Waals surface area contributed by atoms with Crippen LogP contribution >= 0.6 is 0 Å². The molecule has 0 fully saturated rings. The molecule has 4 rings (SSSR count). The van der Waals surface area contributed by atoms with E-state index < -0.39 is 0 Å². The molecule has 0 aliphatic carbocycles. The van der Waals surface area contributed by atoms with Gasteiger partial charge >= 0.3 is 0 Å². The summed E-state index contributed by atoms with van der Waals surface area (Å²) in [6.07, 6.45) is 1.89. The molecular weight excluding hydrogens is 386 g/mol. The van der Waals surface area contributed by atoms with E-state index >= 15 is 0 Å². The Labute approximate surface area is 183 Å². The summed E-state index contributed by atoms with van der Waals surface area (Å²) in [5, 5.41) is 3.42. The SMILES string of the molecule is CCOc1ccc(-c2cnc(NCc3cccc(OCc4ccccc4)c3)n2C)cc1. The summed E-state index contributed by atoms with van der Waals surface area (Å²) in [5.41, 5.74) is 4.44. The summed E-state index contributed by atoms with van der Waals surface area (Å²) in [7, 11) is 2.01. The molecule has 0 bridgehead atoms. The highest BCUT2D eigenvalue weighted by atomic mass is 16.5. The molecule has 0 saturated carbocycles. The Bertz CT molecular complexity index is 1110. The van der Waals surface area contributed by atoms with E-state index in [2.05, 4.69) is 51.3 Å². The first-order chi connectivity index (χ1) is 15.2. The molecule has 0 aliphatic heterocycles. The highest BCUT2D eigenvalue weighted by molar-refractivity contribution is 5.62. The van der Waals surface area contributed by atoms with Crippen LogP contribution in [-0.4, -0.2) is 16.2 Å². The largest absolute Gasteiger partial charge is 0.494 e. The molecule has 0 amide bonds. The zero-order valence-electron chi connectivity index (χ0n) is 17.9. The first-order valence-electron chi connectivity index (χ1n) is 10.5. The van der Waals surface area contributed by atoms with Crippen molar-refractivity contribution in [1.29, 1.82) is 0 Å². The van der Waals surface area contributed by atoms with E-state index in [0.29, 0.717) is 19.8 Å². The van der Waals surface area contributed by atoms with Gasteiger partial charge in [-0.05, 0) is 54.4 Å². The number of hydrogen-bond donors (Lipinski definition) is 1. The van der Waals surface area contributed by atoms with E-state index in [4.69, 9.17) is 9.47 Å². The van der Waals surface area contributed by atoms with Gasteiger partial charge in [-0.1, -0.05) is 42.5 Å². The lowest BCUT2D eigenvalue weighted by molar-refractivity contribution is 0.306. The van der Waals surface area contributed by atoms with Crippen molar-refractivity contribution in [2.75, 3.05) is 11.9 Å². The Kier molecular flexibility index (Phi) is 6.53. The fourth-order valence-corrected chi connectivity index (χ4v) is 3.40. The second-order valence-corrected chi connectivity index (χ2v) is 7.26. The molecule has 4 aromatic rings. The third-order valence-electron chi connectivity index (χ3n) is 5.05. The Morgan fingerprint density at radius 2 is 1.61 bits per heavy atom. The minimum absolute atomic E-state index is 0.558. The molecule has 0 aliphatic rings. The van der Waals surface area contributed by atoms with Crippen LogP contribution in [0.25, 0.3) is 11.3 Å². The molecule has 158 valence electrons. The van der Waals surface area contributed by atoms with Crippen molar-refractivity contribution in [1.82, 2.24) is 9.55 Å². The summed E-state index contributed by atoms with van der Waals surface area (Å²) in [6, 6.07) is 26.4. The molecule has 3 aromatic carbocycles. The number of imidazole rings is 1. The molecule has 1 N–H and O–H groups in total. The summed E-state index contributed by atoms with van der Waals surface area (Å²) in [4.78, 5) is 4.55. The fraction of sp³-hybridized carbons (Fsp3) is 0.192. The quantitative estimate of drug-likeness (QED) is 0.384.